The zero-order chi connectivity index (χ0) is 18.3. The van der Waals surface area contributed by atoms with Crippen LogP contribution in [0.5, 0.6) is 0 Å². The molecule has 1 aliphatic heterocycles. The van der Waals surface area contributed by atoms with Crippen molar-refractivity contribution in [1.29, 1.82) is 0 Å². The Morgan fingerprint density at radius 2 is 1.62 bits per heavy atom. The van der Waals surface area contributed by atoms with Crippen molar-refractivity contribution < 1.29 is 14.0 Å². The molecule has 0 bridgehead atoms. The van der Waals surface area contributed by atoms with Gasteiger partial charge in [-0.1, -0.05) is 42.5 Å². The van der Waals surface area contributed by atoms with Crippen molar-refractivity contribution >= 4 is 28.4 Å². The smallest absolute Gasteiger partial charge is 0.282 e. The Bertz CT molecular complexity index is 995. The van der Waals surface area contributed by atoms with E-state index in [2.05, 4.69) is 0 Å². The third-order valence-corrected chi connectivity index (χ3v) is 4.76. The molecule has 1 aliphatic rings. The Morgan fingerprint density at radius 1 is 0.923 bits per heavy atom. The van der Waals surface area contributed by atoms with Gasteiger partial charge in [0, 0.05) is 5.69 Å². The number of benzene rings is 3. The number of halogens is 1. The molecule has 1 saturated heterocycles. The number of anilines is 1. The number of carbonyl (C=O) groups excluding carboxylic acids is 2. The molecule has 0 unspecified atom stereocenters. The molecule has 3 amide bonds. The van der Waals surface area contributed by atoms with E-state index in [1.807, 2.05) is 42.5 Å². The van der Waals surface area contributed by atoms with Crippen LogP contribution >= 0.6 is 0 Å². The zero-order valence-electron chi connectivity index (χ0n) is 14.2. The number of imide groups is 1. The maximum Gasteiger partial charge on any atom is 0.332 e. The van der Waals surface area contributed by atoms with Crippen LogP contribution in [0.1, 0.15) is 12.5 Å². The molecule has 4 rings (SSSR count). The van der Waals surface area contributed by atoms with Crippen LogP contribution in [0.25, 0.3) is 10.8 Å². The van der Waals surface area contributed by atoms with E-state index >= 15 is 0 Å². The molecule has 0 aromatic heterocycles. The van der Waals surface area contributed by atoms with Crippen LogP contribution in [0.2, 0.25) is 0 Å². The molecular formula is C21H17FN2O2. The Morgan fingerprint density at radius 3 is 2.38 bits per heavy atom. The highest BCUT2D eigenvalue weighted by Crippen LogP contribution is 2.28. The topological polar surface area (TPSA) is 40.6 Å². The second kappa shape index (κ2) is 6.26. The number of amides is 3. The Balaban J connectivity index is 1.68. The van der Waals surface area contributed by atoms with E-state index in [1.165, 1.54) is 34.1 Å². The van der Waals surface area contributed by atoms with Crippen molar-refractivity contribution in [2.45, 2.75) is 19.5 Å². The summed E-state index contributed by atoms with van der Waals surface area (Å²) in [5.41, 5.74) is 1.43. The average molecular weight is 348 g/mol. The molecule has 1 atom stereocenters. The minimum Gasteiger partial charge on any atom is -0.282 e. The van der Waals surface area contributed by atoms with E-state index in [0.717, 1.165) is 16.3 Å². The molecule has 0 aliphatic carbocycles. The summed E-state index contributed by atoms with van der Waals surface area (Å²) in [6, 6.07) is 18.3. The lowest BCUT2D eigenvalue weighted by atomic mass is 10.0. The van der Waals surface area contributed by atoms with Gasteiger partial charge in [0.2, 0.25) is 0 Å². The fraction of sp³-hybridized carbons (Fsp3) is 0.143. The van der Waals surface area contributed by atoms with E-state index in [4.69, 9.17) is 0 Å². The lowest BCUT2D eigenvalue weighted by Crippen LogP contribution is -2.33. The monoisotopic (exact) mass is 348 g/mol. The zero-order valence-corrected chi connectivity index (χ0v) is 14.2. The maximum absolute atomic E-state index is 13.2. The first-order chi connectivity index (χ1) is 12.6. The van der Waals surface area contributed by atoms with Gasteiger partial charge in [0.1, 0.15) is 11.9 Å². The van der Waals surface area contributed by atoms with Crippen molar-refractivity contribution in [3.63, 3.8) is 0 Å². The van der Waals surface area contributed by atoms with Gasteiger partial charge < -0.3 is 0 Å². The van der Waals surface area contributed by atoms with Crippen LogP contribution in [-0.2, 0) is 11.3 Å². The molecule has 0 saturated carbocycles. The van der Waals surface area contributed by atoms with Gasteiger partial charge in [0.15, 0.2) is 0 Å². The highest BCUT2D eigenvalue weighted by Gasteiger charge is 2.43. The van der Waals surface area contributed by atoms with Crippen LogP contribution in [0, 0.1) is 5.82 Å². The number of carbonyl (C=O) groups is 2. The number of fused-ring (bicyclic) bond motifs is 1. The normalized spacial score (nSPS) is 17.4. The van der Waals surface area contributed by atoms with E-state index in [9.17, 15) is 14.0 Å². The molecule has 1 heterocycles. The highest BCUT2D eigenvalue weighted by atomic mass is 19.1. The second-order valence-electron chi connectivity index (χ2n) is 6.37. The lowest BCUT2D eigenvalue weighted by molar-refractivity contribution is -0.127. The molecule has 3 aromatic rings. The summed E-state index contributed by atoms with van der Waals surface area (Å²) in [4.78, 5) is 28.3. The molecule has 130 valence electrons. The lowest BCUT2D eigenvalue weighted by Gasteiger charge is -2.19. The largest absolute Gasteiger partial charge is 0.332 e. The molecule has 0 N–H and O–H groups in total. The Kier molecular flexibility index (Phi) is 3.92. The molecule has 4 nitrogen and oxygen atoms in total. The van der Waals surface area contributed by atoms with Crippen molar-refractivity contribution in [2.24, 2.45) is 0 Å². The van der Waals surface area contributed by atoms with Gasteiger partial charge in [-0.3, -0.25) is 14.6 Å². The molecular weight excluding hydrogens is 331 g/mol. The van der Waals surface area contributed by atoms with Gasteiger partial charge in [-0.25, -0.2) is 9.18 Å². The number of rotatable bonds is 3. The van der Waals surface area contributed by atoms with E-state index in [-0.39, 0.29) is 24.3 Å². The number of nitrogens with zero attached hydrogens (tertiary/aromatic N) is 2. The Hall–Kier alpha value is -3.21. The standard InChI is InChI=1S/C21H17FN2O2/c1-14-20(25)23(21(26)24(14)18-11-9-17(22)10-12-18)13-16-7-4-6-15-5-2-3-8-19(15)16/h2-12,14H,13H2,1H3/t14-/m0/s1. The molecule has 0 radical (unpaired) electrons. The second-order valence-corrected chi connectivity index (χ2v) is 6.37. The predicted octanol–water partition coefficient (Wildman–Crippen LogP) is 4.34. The van der Waals surface area contributed by atoms with Gasteiger partial charge in [-0.15, -0.1) is 0 Å². The minimum absolute atomic E-state index is 0.209. The SMILES string of the molecule is C[C@H]1C(=O)N(Cc2cccc3ccccc23)C(=O)N1c1ccc(F)cc1. The van der Waals surface area contributed by atoms with E-state index in [0.29, 0.717) is 5.69 Å². The maximum atomic E-state index is 13.2. The summed E-state index contributed by atoms with van der Waals surface area (Å²) in [5.74, 6) is -0.640. The quantitative estimate of drug-likeness (QED) is 0.661. The summed E-state index contributed by atoms with van der Waals surface area (Å²) in [7, 11) is 0. The van der Waals surface area contributed by atoms with Gasteiger partial charge in [-0.05, 0) is 47.5 Å². The van der Waals surface area contributed by atoms with Crippen LogP contribution in [0.4, 0.5) is 14.9 Å². The van der Waals surface area contributed by atoms with Gasteiger partial charge in [-0.2, -0.15) is 0 Å². The number of hydrogen-bond acceptors (Lipinski definition) is 2. The van der Waals surface area contributed by atoms with Crippen molar-refractivity contribution in [1.82, 2.24) is 4.90 Å². The molecule has 26 heavy (non-hydrogen) atoms. The van der Waals surface area contributed by atoms with Gasteiger partial charge >= 0.3 is 6.03 Å². The minimum atomic E-state index is -0.622. The van der Waals surface area contributed by atoms with Crippen LogP contribution in [-0.4, -0.2) is 22.9 Å². The van der Waals surface area contributed by atoms with E-state index in [1.54, 1.807) is 6.92 Å². The van der Waals surface area contributed by atoms with Gasteiger partial charge in [0.25, 0.3) is 5.91 Å². The Labute approximate surface area is 150 Å². The highest BCUT2D eigenvalue weighted by molar-refractivity contribution is 6.14. The first kappa shape index (κ1) is 16.3. The van der Waals surface area contributed by atoms with E-state index < -0.39 is 6.04 Å². The first-order valence-electron chi connectivity index (χ1n) is 8.43. The summed E-state index contributed by atoms with van der Waals surface area (Å²) in [6.45, 7) is 1.90. The summed E-state index contributed by atoms with van der Waals surface area (Å²) in [5, 5.41) is 2.08. The molecule has 5 heteroatoms. The van der Waals surface area contributed by atoms with Crippen LogP contribution < -0.4 is 4.90 Å². The third kappa shape index (κ3) is 2.62. The van der Waals surface area contributed by atoms with Crippen LogP contribution in [0.3, 0.4) is 0 Å². The molecule has 3 aromatic carbocycles. The van der Waals surface area contributed by atoms with Crippen molar-refractivity contribution in [3.8, 4) is 0 Å². The van der Waals surface area contributed by atoms with Crippen LogP contribution in [0.15, 0.2) is 66.7 Å². The summed E-state index contributed by atoms with van der Waals surface area (Å²) < 4.78 is 13.2. The summed E-state index contributed by atoms with van der Waals surface area (Å²) in [6.07, 6.45) is 0. The number of urea groups is 1. The molecule has 0 spiro atoms. The molecule has 1 fully saturated rings. The third-order valence-electron chi connectivity index (χ3n) is 4.76. The van der Waals surface area contributed by atoms with Gasteiger partial charge in [0.05, 0.1) is 6.54 Å². The predicted molar refractivity (Wildman–Crippen MR) is 98.2 cm³/mol. The fourth-order valence-electron chi connectivity index (χ4n) is 3.41. The average Bonchev–Trinajstić information content (AvgIpc) is 2.86. The number of hydrogen-bond donors (Lipinski definition) is 0. The first-order valence-corrected chi connectivity index (χ1v) is 8.43. The van der Waals surface area contributed by atoms with Crippen molar-refractivity contribution in [2.75, 3.05) is 4.90 Å². The fourth-order valence-corrected chi connectivity index (χ4v) is 3.41. The summed E-state index contributed by atoms with van der Waals surface area (Å²) >= 11 is 0. The van der Waals surface area contributed by atoms with Crippen molar-refractivity contribution in [3.05, 3.63) is 78.1 Å².